The highest BCUT2D eigenvalue weighted by Gasteiger charge is 2.22. The molecule has 1 aromatic carbocycles. The third-order valence-corrected chi connectivity index (χ3v) is 6.07. The van der Waals surface area contributed by atoms with Crippen LogP contribution >= 0.6 is 15.9 Å². The lowest BCUT2D eigenvalue weighted by molar-refractivity contribution is 0.223. The smallest absolute Gasteiger partial charge is 0.0175 e. The van der Waals surface area contributed by atoms with Gasteiger partial charge in [0.05, 0.1) is 0 Å². The molecule has 0 nitrogen and oxygen atoms in total. The fraction of sp³-hybridized carbons (Fsp3) is 0.700. The molecule has 0 amide bonds. The van der Waals surface area contributed by atoms with Gasteiger partial charge >= 0.3 is 0 Å². The molecule has 0 spiro atoms. The fourth-order valence-corrected chi connectivity index (χ4v) is 4.14. The van der Waals surface area contributed by atoms with Gasteiger partial charge in [-0.25, -0.2) is 0 Å². The van der Waals surface area contributed by atoms with E-state index >= 15 is 0 Å². The Labute approximate surface area is 139 Å². The maximum Gasteiger partial charge on any atom is 0.0175 e. The summed E-state index contributed by atoms with van der Waals surface area (Å²) in [5.74, 6) is 2.99. The van der Waals surface area contributed by atoms with Crippen molar-refractivity contribution in [1.29, 1.82) is 0 Å². The van der Waals surface area contributed by atoms with Crippen LogP contribution in [0.2, 0.25) is 0 Å². The van der Waals surface area contributed by atoms with Crippen LogP contribution in [-0.2, 0) is 6.42 Å². The number of hydrogen-bond acceptors (Lipinski definition) is 0. The van der Waals surface area contributed by atoms with Crippen LogP contribution in [0.25, 0.3) is 0 Å². The molecule has 0 heterocycles. The second-order valence-electron chi connectivity index (χ2n) is 6.97. The second kappa shape index (κ2) is 8.98. The van der Waals surface area contributed by atoms with Gasteiger partial charge in [0, 0.05) is 4.47 Å². The fourth-order valence-electron chi connectivity index (χ4n) is 3.87. The van der Waals surface area contributed by atoms with Gasteiger partial charge in [0.1, 0.15) is 0 Å². The summed E-state index contributed by atoms with van der Waals surface area (Å²) in [4.78, 5) is 0. The third-order valence-electron chi connectivity index (χ3n) is 5.54. The van der Waals surface area contributed by atoms with Crippen molar-refractivity contribution in [1.82, 2.24) is 0 Å². The monoisotopic (exact) mass is 350 g/mol. The zero-order valence-electron chi connectivity index (χ0n) is 13.8. The van der Waals surface area contributed by atoms with Gasteiger partial charge in [-0.2, -0.15) is 0 Å². The van der Waals surface area contributed by atoms with Crippen LogP contribution < -0.4 is 0 Å². The summed E-state index contributed by atoms with van der Waals surface area (Å²) >= 11 is 3.51. The molecule has 0 aliphatic heterocycles. The average molecular weight is 351 g/mol. The molecular weight excluding hydrogens is 320 g/mol. The van der Waals surface area contributed by atoms with Gasteiger partial charge in [-0.3, -0.25) is 0 Å². The Morgan fingerprint density at radius 3 is 2.10 bits per heavy atom. The molecule has 118 valence electrons. The van der Waals surface area contributed by atoms with Crippen LogP contribution in [0.4, 0.5) is 0 Å². The quantitative estimate of drug-likeness (QED) is 0.495. The first-order valence-electron chi connectivity index (χ1n) is 8.95. The highest BCUT2D eigenvalue weighted by molar-refractivity contribution is 9.10. The lowest BCUT2D eigenvalue weighted by Crippen LogP contribution is -2.17. The topological polar surface area (TPSA) is 0 Å². The SMILES string of the molecule is CCC(CC)CC1CCC(CCc2ccc(Br)cc2)CC1. The molecule has 0 N–H and O–H groups in total. The van der Waals surface area contributed by atoms with E-state index in [1.54, 1.807) is 0 Å². The highest BCUT2D eigenvalue weighted by atomic mass is 79.9. The van der Waals surface area contributed by atoms with Crippen molar-refractivity contribution in [3.63, 3.8) is 0 Å². The lowest BCUT2D eigenvalue weighted by atomic mass is 9.75. The molecule has 0 radical (unpaired) electrons. The van der Waals surface area contributed by atoms with Crippen LogP contribution in [0.3, 0.4) is 0 Å². The Bertz CT molecular complexity index is 383. The Hall–Kier alpha value is -0.300. The van der Waals surface area contributed by atoms with Crippen molar-refractivity contribution in [3.8, 4) is 0 Å². The summed E-state index contributed by atoms with van der Waals surface area (Å²) in [7, 11) is 0. The predicted octanol–water partition coefficient (Wildman–Crippen LogP) is 7.01. The molecule has 1 aliphatic rings. The van der Waals surface area contributed by atoms with Crippen molar-refractivity contribution in [2.45, 2.75) is 71.6 Å². The van der Waals surface area contributed by atoms with Gasteiger partial charge in [-0.1, -0.05) is 80.4 Å². The molecule has 0 saturated heterocycles. The first kappa shape index (κ1) is 17.1. The van der Waals surface area contributed by atoms with Gasteiger partial charge < -0.3 is 0 Å². The van der Waals surface area contributed by atoms with Crippen LogP contribution in [0, 0.1) is 17.8 Å². The van der Waals surface area contributed by atoms with Gasteiger partial charge in [-0.05, 0) is 54.7 Å². The Kier molecular flexibility index (Phi) is 7.29. The summed E-state index contributed by atoms with van der Waals surface area (Å²) in [6.45, 7) is 4.72. The maximum atomic E-state index is 3.51. The van der Waals surface area contributed by atoms with Crippen LogP contribution in [-0.4, -0.2) is 0 Å². The molecule has 0 atom stereocenters. The van der Waals surface area contributed by atoms with Gasteiger partial charge in [0.25, 0.3) is 0 Å². The van der Waals surface area contributed by atoms with Crippen LogP contribution in [0.5, 0.6) is 0 Å². The minimum atomic E-state index is 0.978. The molecule has 1 aliphatic carbocycles. The summed E-state index contributed by atoms with van der Waals surface area (Å²) in [5, 5.41) is 0. The number of halogens is 1. The zero-order valence-corrected chi connectivity index (χ0v) is 15.4. The Morgan fingerprint density at radius 2 is 1.52 bits per heavy atom. The van der Waals surface area contributed by atoms with E-state index < -0.39 is 0 Å². The van der Waals surface area contributed by atoms with E-state index in [4.69, 9.17) is 0 Å². The van der Waals surface area contributed by atoms with Gasteiger partial charge in [0.15, 0.2) is 0 Å². The molecule has 0 aromatic heterocycles. The number of hydrogen-bond donors (Lipinski definition) is 0. The zero-order chi connectivity index (χ0) is 15.1. The third kappa shape index (κ3) is 5.77. The number of rotatable bonds is 7. The number of benzene rings is 1. The first-order valence-corrected chi connectivity index (χ1v) is 9.75. The van der Waals surface area contributed by atoms with Crippen molar-refractivity contribution in [3.05, 3.63) is 34.3 Å². The largest absolute Gasteiger partial charge is 0.0651 e. The van der Waals surface area contributed by atoms with E-state index in [0.717, 1.165) is 17.8 Å². The van der Waals surface area contributed by atoms with E-state index in [0.29, 0.717) is 0 Å². The van der Waals surface area contributed by atoms with Crippen molar-refractivity contribution < 1.29 is 0 Å². The first-order chi connectivity index (χ1) is 10.2. The highest BCUT2D eigenvalue weighted by Crippen LogP contribution is 2.36. The second-order valence-corrected chi connectivity index (χ2v) is 7.89. The molecule has 21 heavy (non-hydrogen) atoms. The molecule has 2 rings (SSSR count). The van der Waals surface area contributed by atoms with E-state index in [2.05, 4.69) is 54.0 Å². The molecule has 1 heteroatoms. The van der Waals surface area contributed by atoms with E-state index in [9.17, 15) is 0 Å². The average Bonchev–Trinajstić information content (AvgIpc) is 2.53. The van der Waals surface area contributed by atoms with Crippen molar-refractivity contribution >= 4 is 15.9 Å². The van der Waals surface area contributed by atoms with E-state index in [1.807, 2.05) is 0 Å². The van der Waals surface area contributed by atoms with Crippen molar-refractivity contribution in [2.24, 2.45) is 17.8 Å². The van der Waals surface area contributed by atoms with E-state index in [1.165, 1.54) is 67.8 Å². The molecule has 1 saturated carbocycles. The Morgan fingerprint density at radius 1 is 0.952 bits per heavy atom. The van der Waals surface area contributed by atoms with Crippen LogP contribution in [0.15, 0.2) is 28.7 Å². The summed E-state index contributed by atoms with van der Waals surface area (Å²) < 4.78 is 1.19. The normalized spacial score (nSPS) is 22.7. The number of aryl methyl sites for hydroxylation is 1. The predicted molar refractivity (Wildman–Crippen MR) is 96.6 cm³/mol. The molecule has 1 fully saturated rings. The van der Waals surface area contributed by atoms with Crippen LogP contribution in [0.1, 0.15) is 70.8 Å². The molecule has 1 aromatic rings. The minimum Gasteiger partial charge on any atom is -0.0651 e. The van der Waals surface area contributed by atoms with Crippen molar-refractivity contribution in [2.75, 3.05) is 0 Å². The minimum absolute atomic E-state index is 0.978. The summed E-state index contributed by atoms with van der Waals surface area (Å²) in [5.41, 5.74) is 1.50. The maximum absolute atomic E-state index is 3.51. The summed E-state index contributed by atoms with van der Waals surface area (Å²) in [6.07, 6.45) is 12.8. The van der Waals surface area contributed by atoms with Gasteiger partial charge in [-0.15, -0.1) is 0 Å². The molecular formula is C20H31Br. The standard InChI is InChI=1S/C20H31Br/c1-3-16(4-2)15-19-9-7-17(8-10-19)5-6-18-11-13-20(21)14-12-18/h11-14,16-17,19H,3-10,15H2,1-2H3. The lowest BCUT2D eigenvalue weighted by Gasteiger charge is -2.30. The molecule has 0 bridgehead atoms. The molecule has 0 unspecified atom stereocenters. The van der Waals surface area contributed by atoms with E-state index in [-0.39, 0.29) is 0 Å². The Balaban J connectivity index is 1.68. The summed E-state index contributed by atoms with van der Waals surface area (Å²) in [6, 6.07) is 8.87. The van der Waals surface area contributed by atoms with Gasteiger partial charge in [0.2, 0.25) is 0 Å².